The van der Waals surface area contributed by atoms with Gasteiger partial charge in [-0.2, -0.15) is 5.10 Å². The average molecular weight is 255 g/mol. The van der Waals surface area contributed by atoms with Crippen LogP contribution in [0.4, 0.5) is 0 Å². The number of nitrogens with zero attached hydrogens (tertiary/aromatic N) is 3. The molecule has 96 valence electrons. The van der Waals surface area contributed by atoms with E-state index < -0.39 is 0 Å². The molecule has 0 atom stereocenters. The lowest BCUT2D eigenvalue weighted by Gasteiger charge is -2.05. The third-order valence-electron chi connectivity index (χ3n) is 3.06. The molecule has 0 aliphatic carbocycles. The van der Waals surface area contributed by atoms with Gasteiger partial charge in [0.05, 0.1) is 17.2 Å². The molecule has 1 amide bonds. The minimum atomic E-state index is -0.177. The van der Waals surface area contributed by atoms with Gasteiger partial charge in [0.2, 0.25) is 0 Å². The maximum absolute atomic E-state index is 11.8. The quantitative estimate of drug-likeness (QED) is 0.670. The zero-order chi connectivity index (χ0) is 13.4. The molecule has 0 spiro atoms. The van der Waals surface area contributed by atoms with E-state index in [1.165, 1.54) is 0 Å². The van der Waals surface area contributed by atoms with E-state index >= 15 is 0 Å². The minimum absolute atomic E-state index is 0.177. The highest BCUT2D eigenvalue weighted by Crippen LogP contribution is 2.23. The van der Waals surface area contributed by atoms with Crippen LogP contribution in [0.2, 0.25) is 0 Å². The summed E-state index contributed by atoms with van der Waals surface area (Å²) in [5, 5.41) is 6.10. The number of benzene rings is 1. The molecule has 2 heterocycles. The van der Waals surface area contributed by atoms with Gasteiger partial charge in [-0.3, -0.25) is 19.9 Å². The highest BCUT2D eigenvalue weighted by molar-refractivity contribution is 6.06. The Hall–Kier alpha value is -2.47. The number of carbonyl (C=O) groups is 1. The number of aromatic nitrogens is 3. The molecule has 0 saturated heterocycles. The van der Waals surface area contributed by atoms with Gasteiger partial charge in [0.25, 0.3) is 5.91 Å². The Morgan fingerprint density at radius 1 is 1.32 bits per heavy atom. The first-order valence-corrected chi connectivity index (χ1v) is 5.88. The molecule has 2 N–H and O–H groups in total. The summed E-state index contributed by atoms with van der Waals surface area (Å²) in [6.07, 6.45) is 3.56. The maximum atomic E-state index is 11.8. The lowest BCUT2D eigenvalue weighted by Crippen LogP contribution is -2.34. The van der Waals surface area contributed by atoms with Gasteiger partial charge in [-0.15, -0.1) is 0 Å². The molecule has 0 aliphatic rings. The number of pyridine rings is 1. The molecule has 1 aromatic carbocycles. The molecule has 0 aliphatic heterocycles. The summed E-state index contributed by atoms with van der Waals surface area (Å²) in [4.78, 5) is 16.2. The van der Waals surface area contributed by atoms with E-state index in [9.17, 15) is 4.79 Å². The fourth-order valence-electron chi connectivity index (χ4n) is 2.18. The average Bonchev–Trinajstić information content (AvgIpc) is 2.80. The largest absolute Gasteiger partial charge is 0.288 e. The summed E-state index contributed by atoms with van der Waals surface area (Å²) < 4.78 is 1.79. The molecular weight excluding hydrogens is 242 g/mol. The summed E-state index contributed by atoms with van der Waals surface area (Å²) in [7, 11) is 3.53. The number of amides is 1. The monoisotopic (exact) mass is 255 g/mol. The number of carbonyl (C=O) groups excluding carboxylic acids is 1. The van der Waals surface area contributed by atoms with Crippen molar-refractivity contribution in [2.45, 2.75) is 0 Å². The molecular formula is C13H13N5O. The molecule has 0 radical (unpaired) electrons. The van der Waals surface area contributed by atoms with Crippen molar-refractivity contribution in [3.63, 3.8) is 0 Å². The van der Waals surface area contributed by atoms with E-state index in [0.29, 0.717) is 5.56 Å². The van der Waals surface area contributed by atoms with E-state index in [-0.39, 0.29) is 5.91 Å². The van der Waals surface area contributed by atoms with Crippen LogP contribution in [-0.2, 0) is 7.05 Å². The molecule has 0 bridgehead atoms. The van der Waals surface area contributed by atoms with Crippen molar-refractivity contribution < 1.29 is 4.79 Å². The Morgan fingerprint density at radius 2 is 2.16 bits per heavy atom. The summed E-state index contributed by atoms with van der Waals surface area (Å²) in [5.41, 5.74) is 7.58. The number of hydrazine groups is 1. The highest BCUT2D eigenvalue weighted by atomic mass is 16.2. The maximum Gasteiger partial charge on any atom is 0.265 e. The smallest absolute Gasteiger partial charge is 0.265 e. The van der Waals surface area contributed by atoms with E-state index in [1.54, 1.807) is 30.2 Å². The van der Waals surface area contributed by atoms with Crippen molar-refractivity contribution in [3.05, 3.63) is 36.2 Å². The number of hydrogen-bond acceptors (Lipinski definition) is 4. The molecule has 0 unspecified atom stereocenters. The molecule has 0 fully saturated rings. The van der Waals surface area contributed by atoms with Crippen LogP contribution in [0.3, 0.4) is 0 Å². The standard InChI is InChI=1S/C13H13N5O/c1-14-17-13(19)8-3-4-11-10(5-8)12-9(6-15-11)7-16-18(12)2/h3-7,14H,1-2H3,(H,17,19). The number of nitrogens with one attached hydrogen (secondary N) is 2. The SMILES string of the molecule is CNNC(=O)c1ccc2ncc3cnn(C)c3c2c1. The van der Waals surface area contributed by atoms with Crippen LogP contribution in [0.1, 0.15) is 10.4 Å². The Kier molecular flexibility index (Phi) is 2.64. The first kappa shape index (κ1) is 11.6. The van der Waals surface area contributed by atoms with Crippen LogP contribution in [0.25, 0.3) is 21.8 Å². The van der Waals surface area contributed by atoms with Crippen LogP contribution in [0, 0.1) is 0 Å². The highest BCUT2D eigenvalue weighted by Gasteiger charge is 2.10. The zero-order valence-electron chi connectivity index (χ0n) is 10.6. The Balaban J connectivity index is 2.28. The third kappa shape index (κ3) is 1.82. The van der Waals surface area contributed by atoms with Crippen molar-refractivity contribution in [2.75, 3.05) is 7.05 Å². The number of hydrogen-bond donors (Lipinski definition) is 2. The second-order valence-corrected chi connectivity index (χ2v) is 4.27. The first-order chi connectivity index (χ1) is 9.20. The topological polar surface area (TPSA) is 71.8 Å². The molecule has 2 aromatic heterocycles. The van der Waals surface area contributed by atoms with Crippen molar-refractivity contribution in [1.29, 1.82) is 0 Å². The molecule has 6 heteroatoms. The van der Waals surface area contributed by atoms with E-state index in [0.717, 1.165) is 21.8 Å². The second-order valence-electron chi connectivity index (χ2n) is 4.27. The van der Waals surface area contributed by atoms with Gasteiger partial charge < -0.3 is 0 Å². The van der Waals surface area contributed by atoms with Crippen molar-refractivity contribution in [2.24, 2.45) is 7.05 Å². The van der Waals surface area contributed by atoms with Crippen LogP contribution in [0.5, 0.6) is 0 Å². The molecule has 19 heavy (non-hydrogen) atoms. The van der Waals surface area contributed by atoms with Crippen LogP contribution in [0.15, 0.2) is 30.6 Å². The lowest BCUT2D eigenvalue weighted by atomic mass is 10.1. The van der Waals surface area contributed by atoms with Crippen molar-refractivity contribution >= 4 is 27.7 Å². The summed E-state index contributed by atoms with van der Waals surface area (Å²) >= 11 is 0. The number of fused-ring (bicyclic) bond motifs is 3. The van der Waals surface area contributed by atoms with E-state index in [2.05, 4.69) is 20.9 Å². The van der Waals surface area contributed by atoms with Gasteiger partial charge in [-0.1, -0.05) is 0 Å². The number of aryl methyl sites for hydroxylation is 1. The van der Waals surface area contributed by atoms with Crippen LogP contribution < -0.4 is 10.9 Å². The van der Waals surface area contributed by atoms with Gasteiger partial charge in [0.1, 0.15) is 0 Å². The number of rotatable bonds is 2. The normalized spacial score (nSPS) is 11.1. The summed E-state index contributed by atoms with van der Waals surface area (Å²) in [6, 6.07) is 5.43. The Bertz CT molecular complexity index is 777. The second kappa shape index (κ2) is 4.33. The van der Waals surface area contributed by atoms with Gasteiger partial charge in [0, 0.05) is 36.6 Å². The van der Waals surface area contributed by atoms with Crippen molar-refractivity contribution in [3.8, 4) is 0 Å². The minimum Gasteiger partial charge on any atom is -0.288 e. The molecule has 6 nitrogen and oxygen atoms in total. The van der Waals surface area contributed by atoms with Crippen molar-refractivity contribution in [1.82, 2.24) is 25.6 Å². The first-order valence-electron chi connectivity index (χ1n) is 5.88. The van der Waals surface area contributed by atoms with Crippen LogP contribution >= 0.6 is 0 Å². The molecule has 0 saturated carbocycles. The van der Waals surface area contributed by atoms with Gasteiger partial charge >= 0.3 is 0 Å². The van der Waals surface area contributed by atoms with E-state index in [4.69, 9.17) is 0 Å². The predicted octanol–water partition coefficient (Wildman–Crippen LogP) is 0.986. The van der Waals surface area contributed by atoms with E-state index in [1.807, 2.05) is 19.2 Å². The fourth-order valence-corrected chi connectivity index (χ4v) is 2.18. The Labute approximate surface area is 109 Å². The van der Waals surface area contributed by atoms with Gasteiger partial charge in [-0.05, 0) is 18.2 Å². The van der Waals surface area contributed by atoms with Gasteiger partial charge in [0.15, 0.2) is 0 Å². The third-order valence-corrected chi connectivity index (χ3v) is 3.06. The lowest BCUT2D eigenvalue weighted by molar-refractivity contribution is 0.0938. The molecule has 3 aromatic rings. The van der Waals surface area contributed by atoms with Crippen LogP contribution in [-0.4, -0.2) is 27.7 Å². The molecule has 3 rings (SSSR count). The summed E-state index contributed by atoms with van der Waals surface area (Å²) in [6.45, 7) is 0. The predicted molar refractivity (Wildman–Crippen MR) is 72.5 cm³/mol. The Morgan fingerprint density at radius 3 is 2.95 bits per heavy atom. The van der Waals surface area contributed by atoms with Gasteiger partial charge in [-0.25, -0.2) is 5.43 Å². The summed E-state index contributed by atoms with van der Waals surface area (Å²) in [5.74, 6) is -0.177. The zero-order valence-corrected chi connectivity index (χ0v) is 10.6. The fraction of sp³-hybridized carbons (Fsp3) is 0.154.